The summed E-state index contributed by atoms with van der Waals surface area (Å²) in [4.78, 5) is 4.27. The van der Waals surface area contributed by atoms with Gasteiger partial charge in [0, 0.05) is 32.7 Å². The number of aliphatic imine (C=N–C) groups is 1. The van der Waals surface area contributed by atoms with Crippen LogP contribution in [0.4, 0.5) is 4.39 Å². The van der Waals surface area contributed by atoms with Gasteiger partial charge < -0.3 is 20.1 Å². The van der Waals surface area contributed by atoms with E-state index in [1.54, 1.807) is 13.1 Å². The van der Waals surface area contributed by atoms with Crippen LogP contribution in [-0.4, -0.2) is 39.4 Å². The van der Waals surface area contributed by atoms with Crippen LogP contribution in [0.15, 0.2) is 23.2 Å². The van der Waals surface area contributed by atoms with Gasteiger partial charge in [-0.05, 0) is 36.0 Å². The van der Waals surface area contributed by atoms with Gasteiger partial charge in [-0.1, -0.05) is 26.8 Å². The molecule has 6 heteroatoms. The Morgan fingerprint density at radius 3 is 2.73 bits per heavy atom. The van der Waals surface area contributed by atoms with E-state index in [-0.39, 0.29) is 23.1 Å². The Bertz CT molecular complexity index is 614. The molecule has 1 fully saturated rings. The second kappa shape index (κ2) is 9.21. The predicted octanol–water partition coefficient (Wildman–Crippen LogP) is 3.34. The Balaban J connectivity index is 1.88. The maximum absolute atomic E-state index is 13.8. The van der Waals surface area contributed by atoms with Crippen molar-refractivity contribution in [3.05, 3.63) is 29.6 Å². The lowest BCUT2D eigenvalue weighted by atomic mass is 9.78. The van der Waals surface area contributed by atoms with E-state index in [2.05, 4.69) is 36.4 Å². The molecular weight excluding hydrogens is 333 g/mol. The minimum absolute atomic E-state index is 0.115. The van der Waals surface area contributed by atoms with Gasteiger partial charge in [0.05, 0.1) is 13.2 Å². The first kappa shape index (κ1) is 20.5. The zero-order valence-corrected chi connectivity index (χ0v) is 16.6. The molecule has 1 aliphatic heterocycles. The van der Waals surface area contributed by atoms with E-state index >= 15 is 0 Å². The highest BCUT2D eigenvalue weighted by atomic mass is 19.1. The number of halogens is 1. The summed E-state index contributed by atoms with van der Waals surface area (Å²) >= 11 is 0. The Morgan fingerprint density at radius 1 is 1.35 bits per heavy atom. The highest BCUT2D eigenvalue weighted by molar-refractivity contribution is 5.79. The van der Waals surface area contributed by atoms with Crippen molar-refractivity contribution in [1.29, 1.82) is 0 Å². The van der Waals surface area contributed by atoms with Gasteiger partial charge in [-0.25, -0.2) is 4.39 Å². The zero-order valence-electron chi connectivity index (χ0n) is 16.6. The summed E-state index contributed by atoms with van der Waals surface area (Å²) in [6.45, 7) is 8.81. The summed E-state index contributed by atoms with van der Waals surface area (Å²) in [5, 5.41) is 6.62. The molecule has 2 unspecified atom stereocenters. The predicted molar refractivity (Wildman–Crippen MR) is 103 cm³/mol. The monoisotopic (exact) mass is 365 g/mol. The van der Waals surface area contributed by atoms with Crippen molar-refractivity contribution in [2.45, 2.75) is 46.3 Å². The summed E-state index contributed by atoms with van der Waals surface area (Å²) in [6.07, 6.45) is 2.48. The van der Waals surface area contributed by atoms with Gasteiger partial charge in [0.2, 0.25) is 0 Å². The molecule has 1 aromatic rings. The smallest absolute Gasteiger partial charge is 0.191 e. The van der Waals surface area contributed by atoms with Crippen LogP contribution in [0, 0.1) is 17.2 Å². The van der Waals surface area contributed by atoms with Crippen LogP contribution in [0.1, 0.15) is 39.2 Å². The minimum Gasteiger partial charge on any atom is -0.494 e. The Labute approximate surface area is 156 Å². The van der Waals surface area contributed by atoms with Crippen molar-refractivity contribution in [3.8, 4) is 5.75 Å². The minimum atomic E-state index is -0.359. The molecule has 146 valence electrons. The van der Waals surface area contributed by atoms with Crippen LogP contribution in [0.5, 0.6) is 5.75 Å². The molecule has 1 aliphatic rings. The third kappa shape index (κ3) is 5.59. The lowest BCUT2D eigenvalue weighted by molar-refractivity contribution is -0.0835. The number of rotatable bonds is 5. The van der Waals surface area contributed by atoms with Crippen molar-refractivity contribution in [2.75, 3.05) is 27.3 Å². The highest BCUT2D eigenvalue weighted by Gasteiger charge is 2.35. The summed E-state index contributed by atoms with van der Waals surface area (Å²) < 4.78 is 24.8. The van der Waals surface area contributed by atoms with E-state index in [0.29, 0.717) is 18.4 Å². The number of nitrogens with zero attached hydrogens (tertiary/aromatic N) is 1. The van der Waals surface area contributed by atoms with Gasteiger partial charge >= 0.3 is 0 Å². The van der Waals surface area contributed by atoms with Gasteiger partial charge in [-0.3, -0.25) is 4.99 Å². The van der Waals surface area contributed by atoms with Crippen LogP contribution in [0.3, 0.4) is 0 Å². The van der Waals surface area contributed by atoms with E-state index in [4.69, 9.17) is 9.47 Å². The molecule has 0 radical (unpaired) electrons. The van der Waals surface area contributed by atoms with E-state index in [0.717, 1.165) is 31.6 Å². The fourth-order valence-electron chi connectivity index (χ4n) is 3.46. The van der Waals surface area contributed by atoms with Gasteiger partial charge in [-0.15, -0.1) is 0 Å². The van der Waals surface area contributed by atoms with Crippen molar-refractivity contribution in [3.63, 3.8) is 0 Å². The number of hydrogen-bond acceptors (Lipinski definition) is 3. The maximum atomic E-state index is 13.8. The van der Waals surface area contributed by atoms with Crippen LogP contribution < -0.4 is 15.4 Å². The molecule has 2 N–H and O–H groups in total. The largest absolute Gasteiger partial charge is 0.494 e. The number of ether oxygens (including phenoxy) is 2. The lowest BCUT2D eigenvalue weighted by Crippen LogP contribution is -2.47. The molecule has 0 saturated carbocycles. The summed E-state index contributed by atoms with van der Waals surface area (Å²) in [5.74, 6) is 1.05. The second-order valence-corrected chi connectivity index (χ2v) is 7.84. The fraction of sp³-hybridized carbons (Fsp3) is 0.650. The summed E-state index contributed by atoms with van der Waals surface area (Å²) in [5.41, 5.74) is 0.949. The lowest BCUT2D eigenvalue weighted by Gasteiger charge is -2.40. The van der Waals surface area contributed by atoms with Crippen molar-refractivity contribution in [2.24, 2.45) is 16.3 Å². The summed E-state index contributed by atoms with van der Waals surface area (Å²) in [7, 11) is 3.20. The van der Waals surface area contributed by atoms with Crippen molar-refractivity contribution >= 4 is 5.96 Å². The molecule has 0 bridgehead atoms. The number of guanidine groups is 1. The number of methoxy groups -OCH3 is 1. The Kier molecular flexibility index (Phi) is 7.26. The first-order chi connectivity index (χ1) is 12.3. The normalized spacial score (nSPS) is 21.4. The molecule has 0 spiro atoms. The molecule has 2 rings (SSSR count). The molecule has 2 atom stereocenters. The second-order valence-electron chi connectivity index (χ2n) is 7.84. The molecule has 0 aromatic heterocycles. The van der Waals surface area contributed by atoms with Gasteiger partial charge in [0.1, 0.15) is 0 Å². The standard InChI is InChI=1S/C20H32FN3O2/c1-20(2,3)18-15(7-6-10-26-18)13-24-19(22-4)23-12-14-8-9-17(25-5)16(21)11-14/h8-9,11,15,18H,6-7,10,12-13H2,1-5H3,(H2,22,23,24). The van der Waals surface area contributed by atoms with Gasteiger partial charge in [0.25, 0.3) is 0 Å². The molecule has 1 saturated heterocycles. The SMILES string of the molecule is CN=C(NCc1ccc(OC)c(F)c1)NCC1CCCOC1C(C)(C)C. The van der Waals surface area contributed by atoms with Crippen LogP contribution in [0.25, 0.3) is 0 Å². The molecular formula is C20H32FN3O2. The average molecular weight is 365 g/mol. The third-order valence-electron chi connectivity index (χ3n) is 4.73. The Morgan fingerprint density at radius 2 is 2.12 bits per heavy atom. The van der Waals surface area contributed by atoms with Gasteiger partial charge in [0.15, 0.2) is 17.5 Å². The molecule has 0 amide bonds. The third-order valence-corrected chi connectivity index (χ3v) is 4.73. The van der Waals surface area contributed by atoms with Crippen LogP contribution in [-0.2, 0) is 11.3 Å². The maximum Gasteiger partial charge on any atom is 0.191 e. The molecule has 0 aliphatic carbocycles. The fourth-order valence-corrected chi connectivity index (χ4v) is 3.46. The highest BCUT2D eigenvalue weighted by Crippen LogP contribution is 2.33. The van der Waals surface area contributed by atoms with E-state index in [1.807, 2.05) is 6.07 Å². The Hall–Kier alpha value is -1.82. The van der Waals surface area contributed by atoms with E-state index in [9.17, 15) is 4.39 Å². The zero-order chi connectivity index (χ0) is 19.2. The molecule has 1 aromatic carbocycles. The molecule has 5 nitrogen and oxygen atoms in total. The van der Waals surface area contributed by atoms with Crippen molar-refractivity contribution < 1.29 is 13.9 Å². The van der Waals surface area contributed by atoms with E-state index < -0.39 is 0 Å². The number of nitrogens with one attached hydrogen (secondary N) is 2. The van der Waals surface area contributed by atoms with Crippen LogP contribution in [0.2, 0.25) is 0 Å². The number of hydrogen-bond donors (Lipinski definition) is 2. The van der Waals surface area contributed by atoms with E-state index in [1.165, 1.54) is 13.2 Å². The van der Waals surface area contributed by atoms with Crippen LogP contribution >= 0.6 is 0 Å². The first-order valence-electron chi connectivity index (χ1n) is 9.23. The topological polar surface area (TPSA) is 54.9 Å². The molecule has 26 heavy (non-hydrogen) atoms. The first-order valence-corrected chi connectivity index (χ1v) is 9.23. The number of benzene rings is 1. The summed E-state index contributed by atoms with van der Waals surface area (Å²) in [6, 6.07) is 4.95. The average Bonchev–Trinajstić information content (AvgIpc) is 2.61. The van der Waals surface area contributed by atoms with Crippen molar-refractivity contribution in [1.82, 2.24) is 10.6 Å². The quantitative estimate of drug-likeness (QED) is 0.621. The molecule has 1 heterocycles. The van der Waals surface area contributed by atoms with Gasteiger partial charge in [-0.2, -0.15) is 0 Å².